The maximum absolute atomic E-state index is 13.0. The van der Waals surface area contributed by atoms with Gasteiger partial charge < -0.3 is 15.5 Å². The molecule has 1 fully saturated rings. The predicted octanol–water partition coefficient (Wildman–Crippen LogP) is 5.96. The molecule has 0 spiro atoms. The van der Waals surface area contributed by atoms with Gasteiger partial charge in [-0.2, -0.15) is 0 Å². The molecule has 41 heavy (non-hydrogen) atoms. The van der Waals surface area contributed by atoms with E-state index < -0.39 is 0 Å². The molecule has 0 aliphatic carbocycles. The van der Waals surface area contributed by atoms with Crippen molar-refractivity contribution in [3.63, 3.8) is 0 Å². The maximum Gasteiger partial charge on any atom is 0.219 e. The number of amides is 1. The number of para-hydroxylation sites is 1. The summed E-state index contributed by atoms with van der Waals surface area (Å²) in [5.41, 5.74) is 9.69. The van der Waals surface area contributed by atoms with Crippen molar-refractivity contribution in [1.82, 2.24) is 19.8 Å². The summed E-state index contributed by atoms with van der Waals surface area (Å²) in [4.78, 5) is 33.7. The van der Waals surface area contributed by atoms with Gasteiger partial charge in [-0.3, -0.25) is 14.7 Å². The highest BCUT2D eigenvalue weighted by molar-refractivity contribution is 6.34. The van der Waals surface area contributed by atoms with E-state index in [2.05, 4.69) is 42.6 Å². The van der Waals surface area contributed by atoms with Crippen molar-refractivity contribution < 1.29 is 4.79 Å². The van der Waals surface area contributed by atoms with E-state index in [-0.39, 0.29) is 12.0 Å². The highest BCUT2D eigenvalue weighted by Crippen LogP contribution is 2.39. The van der Waals surface area contributed by atoms with Gasteiger partial charge in [0.1, 0.15) is 23.0 Å². The summed E-state index contributed by atoms with van der Waals surface area (Å²) >= 11 is 7.03. The first-order chi connectivity index (χ1) is 19.7. The number of amidine groups is 1. The van der Waals surface area contributed by atoms with E-state index in [0.717, 1.165) is 53.9 Å². The van der Waals surface area contributed by atoms with E-state index in [9.17, 15) is 4.79 Å². The molecule has 2 aromatic heterocycles. The van der Waals surface area contributed by atoms with Gasteiger partial charge >= 0.3 is 0 Å². The zero-order chi connectivity index (χ0) is 29.3. The molecule has 0 radical (unpaired) electrons. The molecule has 4 aromatic rings. The molecule has 2 N–H and O–H groups in total. The summed E-state index contributed by atoms with van der Waals surface area (Å²) < 4.78 is 0. The number of nitrogen functional groups attached to an aromatic ring is 1. The van der Waals surface area contributed by atoms with E-state index in [4.69, 9.17) is 27.3 Å². The number of carbonyl (C=O) groups excluding carboxylic acids is 1. The van der Waals surface area contributed by atoms with Gasteiger partial charge in [-0.05, 0) is 49.0 Å². The number of hydrogen-bond acceptors (Lipinski definition) is 6. The van der Waals surface area contributed by atoms with E-state index in [0.29, 0.717) is 33.6 Å². The molecule has 0 bridgehead atoms. The Morgan fingerprint density at radius 3 is 2.54 bits per heavy atom. The van der Waals surface area contributed by atoms with E-state index in [1.807, 2.05) is 60.7 Å². The first-order valence-electron chi connectivity index (χ1n) is 13.9. The lowest BCUT2D eigenvalue weighted by atomic mass is 10.00. The number of carbonyl (C=O) groups is 1. The van der Waals surface area contributed by atoms with Gasteiger partial charge in [-0.25, -0.2) is 9.97 Å². The van der Waals surface area contributed by atoms with Gasteiger partial charge in [0.25, 0.3) is 0 Å². The molecule has 1 aliphatic rings. The summed E-state index contributed by atoms with van der Waals surface area (Å²) in [6, 6.07) is 19.6. The highest BCUT2D eigenvalue weighted by atomic mass is 35.5. The maximum atomic E-state index is 13.0. The summed E-state index contributed by atoms with van der Waals surface area (Å²) in [6.45, 7) is 8.96. The Morgan fingerprint density at radius 2 is 1.83 bits per heavy atom. The first-order valence-corrected chi connectivity index (χ1v) is 14.2. The Bertz CT molecular complexity index is 1620. The minimum Gasteiger partial charge on any atom is -0.384 e. The normalized spacial score (nSPS) is 16.4. The second-order valence-corrected chi connectivity index (χ2v) is 11.3. The molecule has 1 atom stereocenters. The van der Waals surface area contributed by atoms with E-state index in [1.165, 1.54) is 0 Å². The molecule has 3 heterocycles. The quantitative estimate of drug-likeness (QED) is 0.175. The molecule has 2 aromatic carbocycles. The zero-order valence-electron chi connectivity index (χ0n) is 24.2. The predicted molar refractivity (Wildman–Crippen MR) is 169 cm³/mol. The van der Waals surface area contributed by atoms with Crippen LogP contribution in [0.1, 0.15) is 37.8 Å². The largest absolute Gasteiger partial charge is 0.384 e. The molecule has 9 heteroatoms. The van der Waals surface area contributed by atoms with Crippen molar-refractivity contribution in [1.29, 1.82) is 0 Å². The fourth-order valence-electron chi connectivity index (χ4n) is 5.67. The number of likely N-dealkylation sites (N-methyl/N-ethyl adjacent to an activating group) is 1. The van der Waals surface area contributed by atoms with Gasteiger partial charge in [0.15, 0.2) is 5.82 Å². The van der Waals surface area contributed by atoms with Crippen LogP contribution in [0, 0.1) is 0 Å². The van der Waals surface area contributed by atoms with Gasteiger partial charge in [0.2, 0.25) is 6.41 Å². The monoisotopic (exact) mass is 569 g/mol. The zero-order valence-corrected chi connectivity index (χ0v) is 24.9. The minimum atomic E-state index is 0.181. The SMILES string of the molecule is C/N=C(\c1cc(Cl)c(-c2nc(N)cc3ccccc23)nc1N(C=O)c1ccccc1C(C)C)N1CCN(C)CC1C. The Balaban J connectivity index is 1.79. The average molecular weight is 570 g/mol. The molecule has 1 saturated heterocycles. The molecular formula is C32H36ClN7O. The number of piperazine rings is 1. The standard InChI is InChI=1S/C32H36ClN7O/c1-20(2)23-11-8-9-13-27(23)40(19-41)32-25(31(35-4)39-15-14-38(5)18-21(39)3)17-26(33)30(37-32)29-24-12-7-6-10-22(24)16-28(34)36-29/h6-13,16-17,19-21H,14-15,18H2,1-5H3,(H2,34,36)/b35-31+. The number of aliphatic imine (C=N–C) groups is 1. The van der Waals surface area contributed by atoms with E-state index in [1.54, 1.807) is 11.9 Å². The first kappa shape index (κ1) is 28.5. The van der Waals surface area contributed by atoms with Crippen LogP contribution in [-0.4, -0.2) is 71.8 Å². The molecule has 212 valence electrons. The van der Waals surface area contributed by atoms with Crippen LogP contribution in [0.4, 0.5) is 17.3 Å². The summed E-state index contributed by atoms with van der Waals surface area (Å²) in [5, 5.41) is 2.20. The molecule has 1 aliphatic heterocycles. The van der Waals surface area contributed by atoms with Crippen LogP contribution in [0.5, 0.6) is 0 Å². The highest BCUT2D eigenvalue weighted by Gasteiger charge is 2.30. The number of aromatic nitrogens is 2. The minimum absolute atomic E-state index is 0.181. The topological polar surface area (TPSA) is 90.9 Å². The molecule has 8 nitrogen and oxygen atoms in total. The number of halogens is 1. The number of nitrogens with two attached hydrogens (primary N) is 1. The fourth-order valence-corrected chi connectivity index (χ4v) is 5.91. The summed E-state index contributed by atoms with van der Waals surface area (Å²) in [6.07, 6.45) is 0.816. The van der Waals surface area contributed by atoms with Crippen LogP contribution in [0.2, 0.25) is 5.02 Å². The second kappa shape index (κ2) is 11.8. The molecule has 1 amide bonds. The van der Waals surface area contributed by atoms with Gasteiger partial charge in [0.05, 0.1) is 16.3 Å². The molecular weight excluding hydrogens is 534 g/mol. The Morgan fingerprint density at radius 1 is 1.10 bits per heavy atom. The third kappa shape index (κ3) is 5.49. The van der Waals surface area contributed by atoms with Crippen molar-refractivity contribution in [2.75, 3.05) is 44.4 Å². The second-order valence-electron chi connectivity index (χ2n) is 10.8. The number of hydrogen-bond donors (Lipinski definition) is 1. The van der Waals surface area contributed by atoms with Crippen LogP contribution in [-0.2, 0) is 4.79 Å². The molecule has 5 rings (SSSR count). The lowest BCUT2D eigenvalue weighted by Crippen LogP contribution is -2.53. The van der Waals surface area contributed by atoms with Crippen molar-refractivity contribution in [2.45, 2.75) is 32.7 Å². The summed E-state index contributed by atoms with van der Waals surface area (Å²) in [7, 11) is 3.89. The number of anilines is 3. The Kier molecular flexibility index (Phi) is 8.24. The Hall–Kier alpha value is -4.01. The lowest BCUT2D eigenvalue weighted by molar-refractivity contribution is -0.106. The lowest BCUT2D eigenvalue weighted by Gasteiger charge is -2.40. The number of pyridine rings is 2. The van der Waals surface area contributed by atoms with Crippen molar-refractivity contribution in [2.24, 2.45) is 4.99 Å². The smallest absolute Gasteiger partial charge is 0.219 e. The van der Waals surface area contributed by atoms with Crippen LogP contribution in [0.15, 0.2) is 65.7 Å². The Labute approximate surface area is 246 Å². The number of rotatable bonds is 6. The van der Waals surface area contributed by atoms with Crippen LogP contribution >= 0.6 is 11.6 Å². The van der Waals surface area contributed by atoms with Crippen LogP contribution < -0.4 is 10.6 Å². The van der Waals surface area contributed by atoms with Crippen LogP contribution in [0.25, 0.3) is 22.2 Å². The number of fused-ring (bicyclic) bond motifs is 1. The van der Waals surface area contributed by atoms with E-state index >= 15 is 0 Å². The van der Waals surface area contributed by atoms with Crippen molar-refractivity contribution in [3.05, 3.63) is 76.8 Å². The number of nitrogens with zero attached hydrogens (tertiary/aromatic N) is 6. The molecule has 1 unspecified atom stereocenters. The molecule has 0 saturated carbocycles. The van der Waals surface area contributed by atoms with Crippen molar-refractivity contribution in [3.8, 4) is 11.4 Å². The third-order valence-corrected chi connectivity index (χ3v) is 7.94. The van der Waals surface area contributed by atoms with Gasteiger partial charge in [0, 0.05) is 38.1 Å². The fraction of sp³-hybridized carbons (Fsp3) is 0.312. The van der Waals surface area contributed by atoms with Crippen molar-refractivity contribution >= 4 is 51.9 Å². The van der Waals surface area contributed by atoms with Gasteiger partial charge in [-0.1, -0.05) is 67.9 Å². The third-order valence-electron chi connectivity index (χ3n) is 7.65. The van der Waals surface area contributed by atoms with Crippen LogP contribution in [0.3, 0.4) is 0 Å². The van der Waals surface area contributed by atoms with Gasteiger partial charge in [-0.15, -0.1) is 0 Å². The average Bonchev–Trinajstić information content (AvgIpc) is 2.95. The summed E-state index contributed by atoms with van der Waals surface area (Å²) in [5.74, 6) is 1.72. The number of benzene rings is 2.